The van der Waals surface area contributed by atoms with Crippen molar-refractivity contribution in [3.8, 4) is 0 Å². The summed E-state index contributed by atoms with van der Waals surface area (Å²) in [4.78, 5) is 12.9. The van der Waals surface area contributed by atoms with Crippen molar-refractivity contribution in [2.75, 3.05) is 18.6 Å². The normalized spacial score (nSPS) is 27.0. The highest BCUT2D eigenvalue weighted by Crippen LogP contribution is 2.44. The fourth-order valence-corrected chi connectivity index (χ4v) is 6.21. The van der Waals surface area contributed by atoms with Gasteiger partial charge in [0.15, 0.2) is 0 Å². The summed E-state index contributed by atoms with van der Waals surface area (Å²) >= 11 is 5.86. The summed E-state index contributed by atoms with van der Waals surface area (Å²) < 4.78 is 37.6. The fourth-order valence-electron chi connectivity index (χ4n) is 5.44. The Bertz CT molecular complexity index is 1240. The second-order valence-corrected chi connectivity index (χ2v) is 12.9. The minimum Gasteiger partial charge on any atom is -0.392 e. The van der Waals surface area contributed by atoms with Gasteiger partial charge in [-0.3, -0.25) is 4.99 Å². The van der Waals surface area contributed by atoms with E-state index < -0.39 is 21.2 Å². The predicted molar refractivity (Wildman–Crippen MR) is 139 cm³/mol. The van der Waals surface area contributed by atoms with Gasteiger partial charge in [-0.2, -0.15) is 0 Å². The van der Waals surface area contributed by atoms with Crippen molar-refractivity contribution >= 4 is 33.0 Å². The van der Waals surface area contributed by atoms with Crippen LogP contribution in [0.5, 0.6) is 0 Å². The van der Waals surface area contributed by atoms with Gasteiger partial charge in [-0.15, -0.1) is 0 Å². The van der Waals surface area contributed by atoms with E-state index in [-0.39, 0.29) is 28.7 Å². The van der Waals surface area contributed by atoms with Gasteiger partial charge in [0.1, 0.15) is 33.1 Å². The Morgan fingerprint density at radius 2 is 2.09 bits per heavy atom. The predicted octanol–water partition coefficient (Wildman–Crippen LogP) is 5.19. The summed E-state index contributed by atoms with van der Waals surface area (Å²) in [5, 5.41) is 4.28. The molecule has 0 radical (unpaired) electrons. The second kappa shape index (κ2) is 9.69. The molecule has 1 aromatic carbocycles. The molecule has 2 heterocycles. The zero-order chi connectivity index (χ0) is 25.5. The second-order valence-electron chi connectivity index (χ2n) is 10.2. The third-order valence-corrected chi connectivity index (χ3v) is 8.37. The first-order valence-corrected chi connectivity index (χ1v) is 14.4. The zero-order valence-corrected chi connectivity index (χ0v) is 22.5. The van der Waals surface area contributed by atoms with Crippen molar-refractivity contribution in [3.05, 3.63) is 58.0 Å². The Morgan fingerprint density at radius 1 is 1.34 bits per heavy atom. The van der Waals surface area contributed by atoms with Gasteiger partial charge >= 0.3 is 0 Å². The van der Waals surface area contributed by atoms with Gasteiger partial charge in [-0.1, -0.05) is 41.4 Å². The van der Waals surface area contributed by atoms with Gasteiger partial charge in [0.25, 0.3) is 0 Å². The zero-order valence-electron chi connectivity index (χ0n) is 20.9. The summed E-state index contributed by atoms with van der Waals surface area (Å²) in [6, 6.07) is 4.89. The maximum atomic E-state index is 14.1. The molecule has 2 aliphatic heterocycles. The van der Waals surface area contributed by atoms with Gasteiger partial charge in [0.2, 0.25) is 0 Å². The highest BCUT2D eigenvalue weighted by molar-refractivity contribution is 7.90. The lowest BCUT2D eigenvalue weighted by atomic mass is 9.78. The smallest absolute Gasteiger partial charge is 0.147 e. The molecule has 0 N–H and O–H groups in total. The molecule has 1 aliphatic carbocycles. The van der Waals surface area contributed by atoms with Crippen LogP contribution >= 0.6 is 11.6 Å². The Kier molecular flexibility index (Phi) is 7.17. The van der Waals surface area contributed by atoms with E-state index in [1.807, 2.05) is 19.9 Å². The molecule has 4 atom stereocenters. The van der Waals surface area contributed by atoms with Crippen LogP contribution in [0.2, 0.25) is 5.02 Å². The lowest BCUT2D eigenvalue weighted by Crippen LogP contribution is -2.38. The van der Waals surface area contributed by atoms with Gasteiger partial charge in [-0.05, 0) is 57.4 Å². The molecule has 9 heteroatoms. The third kappa shape index (κ3) is 5.48. The Hall–Kier alpha value is -2.19. The number of aliphatic imine (C=N–C) groups is 1. The van der Waals surface area contributed by atoms with Crippen LogP contribution in [0.3, 0.4) is 0 Å². The van der Waals surface area contributed by atoms with Crippen molar-refractivity contribution in [2.24, 2.45) is 22.0 Å². The van der Waals surface area contributed by atoms with Crippen molar-refractivity contribution in [1.29, 1.82) is 0 Å². The van der Waals surface area contributed by atoms with Crippen LogP contribution in [-0.2, 0) is 21.1 Å². The molecule has 3 aliphatic rings. The molecule has 0 spiro atoms. The number of allylic oxidation sites excluding steroid dienone is 2. The van der Waals surface area contributed by atoms with E-state index in [1.54, 1.807) is 6.07 Å². The molecule has 35 heavy (non-hydrogen) atoms. The van der Waals surface area contributed by atoms with Gasteiger partial charge < -0.3 is 9.74 Å². The van der Waals surface area contributed by atoms with E-state index in [1.165, 1.54) is 17.9 Å². The molecular weight excluding hydrogens is 489 g/mol. The number of rotatable bonds is 8. The average Bonchev–Trinajstić information content (AvgIpc) is 3.25. The number of amidine groups is 1. The van der Waals surface area contributed by atoms with Crippen molar-refractivity contribution in [3.63, 3.8) is 0 Å². The van der Waals surface area contributed by atoms with E-state index in [9.17, 15) is 12.8 Å². The van der Waals surface area contributed by atoms with Crippen molar-refractivity contribution < 1.29 is 17.6 Å². The maximum Gasteiger partial charge on any atom is 0.147 e. The number of fused-ring (bicyclic) bond motifs is 1. The van der Waals surface area contributed by atoms with E-state index in [0.717, 1.165) is 29.2 Å². The molecule has 4 rings (SSSR count). The van der Waals surface area contributed by atoms with Crippen LogP contribution in [0.15, 0.2) is 51.8 Å². The third-order valence-electron chi connectivity index (χ3n) is 7.03. The fraction of sp³-hybridized carbons (Fsp3) is 0.538. The number of sulfone groups is 1. The minimum atomic E-state index is -3.07. The van der Waals surface area contributed by atoms with E-state index in [2.05, 4.69) is 36.1 Å². The molecule has 4 unspecified atom stereocenters. The lowest BCUT2D eigenvalue weighted by molar-refractivity contribution is 0.0820. The number of hydrogen-bond acceptors (Lipinski definition) is 6. The van der Waals surface area contributed by atoms with E-state index in [4.69, 9.17) is 21.4 Å². The number of hydrogen-bond donors (Lipinski definition) is 0. The van der Waals surface area contributed by atoms with Crippen molar-refractivity contribution in [1.82, 2.24) is 4.90 Å². The largest absolute Gasteiger partial charge is 0.392 e. The lowest BCUT2D eigenvalue weighted by Gasteiger charge is -2.34. The molecule has 0 amide bonds. The first-order chi connectivity index (χ1) is 16.4. The first-order valence-electron chi connectivity index (χ1n) is 12.0. The molecule has 190 valence electrons. The highest BCUT2D eigenvalue weighted by Gasteiger charge is 2.46. The monoisotopic (exact) mass is 521 g/mol. The van der Waals surface area contributed by atoms with E-state index in [0.29, 0.717) is 19.4 Å². The van der Waals surface area contributed by atoms with Gasteiger partial charge in [0, 0.05) is 30.8 Å². The van der Waals surface area contributed by atoms with E-state index >= 15 is 0 Å². The van der Waals surface area contributed by atoms with Crippen LogP contribution in [0, 0.1) is 17.7 Å². The molecule has 0 aromatic heterocycles. The highest BCUT2D eigenvalue weighted by atomic mass is 35.5. The van der Waals surface area contributed by atoms with Crippen LogP contribution < -0.4 is 0 Å². The Labute approximate surface area is 212 Å². The standard InChI is InChI=1S/C26H33ClFN3O3S/c1-16(13-19-7-9-21(27)22(28)14-19)25-29-26(4)15-20(24-17(2)30-34-18(24)3)8-10-23(26)31(25)11-6-12-35(5,32)33/h7-10,14,16,18,24H,6,11-13,15H2,1-5H3. The average molecular weight is 522 g/mol. The quantitative estimate of drug-likeness (QED) is 0.472. The molecule has 0 bridgehead atoms. The Balaban J connectivity index is 1.63. The minimum absolute atomic E-state index is 0.00220. The molecule has 0 saturated heterocycles. The summed E-state index contributed by atoms with van der Waals surface area (Å²) in [6.07, 6.45) is 7.34. The molecule has 6 nitrogen and oxygen atoms in total. The molecule has 0 fully saturated rings. The summed E-state index contributed by atoms with van der Waals surface area (Å²) in [5.74, 6) is 0.704. The molecule has 1 aromatic rings. The number of oxime groups is 1. The first kappa shape index (κ1) is 25.9. The van der Waals surface area contributed by atoms with Crippen LogP contribution in [0.4, 0.5) is 4.39 Å². The van der Waals surface area contributed by atoms with Gasteiger partial charge in [-0.25, -0.2) is 12.8 Å². The SMILES string of the molecule is CC1=NOC(C)C1C1=CC=C2N(CCCS(C)(=O)=O)C(C(C)Cc3ccc(Cl)c(F)c3)=NC2(C)C1. The van der Waals surface area contributed by atoms with Crippen molar-refractivity contribution in [2.45, 2.75) is 58.6 Å². The maximum absolute atomic E-state index is 14.1. The number of benzene rings is 1. The molecule has 0 saturated carbocycles. The topological polar surface area (TPSA) is 71.3 Å². The van der Waals surface area contributed by atoms with Crippen LogP contribution in [0.25, 0.3) is 0 Å². The number of nitrogens with zero attached hydrogens (tertiary/aromatic N) is 3. The van der Waals surface area contributed by atoms with Crippen LogP contribution in [-0.4, -0.2) is 55.1 Å². The summed E-state index contributed by atoms with van der Waals surface area (Å²) in [5.41, 5.74) is 3.65. The summed E-state index contributed by atoms with van der Waals surface area (Å²) in [7, 11) is -3.07. The van der Waals surface area contributed by atoms with Gasteiger partial charge in [0.05, 0.1) is 22.4 Å². The molecular formula is C26H33ClFN3O3S. The number of halogens is 2. The summed E-state index contributed by atoms with van der Waals surface area (Å²) in [6.45, 7) is 8.78. The Morgan fingerprint density at radius 3 is 2.71 bits per heavy atom. The van der Waals surface area contributed by atoms with Crippen LogP contribution in [0.1, 0.15) is 46.1 Å².